The number of hydrogen-bond acceptors (Lipinski definition) is 6. The van der Waals surface area contributed by atoms with E-state index in [9.17, 15) is 19.5 Å². The van der Waals surface area contributed by atoms with Gasteiger partial charge in [0.2, 0.25) is 11.8 Å². The van der Waals surface area contributed by atoms with Crippen molar-refractivity contribution in [1.29, 1.82) is 0 Å². The third-order valence-corrected chi connectivity index (χ3v) is 9.01. The zero-order valence-electron chi connectivity index (χ0n) is 25.0. The molecule has 43 heavy (non-hydrogen) atoms. The molecule has 9 heteroatoms. The first-order valence-electron chi connectivity index (χ1n) is 14.6. The van der Waals surface area contributed by atoms with Gasteiger partial charge in [0.15, 0.2) is 6.10 Å². The van der Waals surface area contributed by atoms with Gasteiger partial charge in [-0.25, -0.2) is 0 Å². The monoisotopic (exact) mass is 603 g/mol. The van der Waals surface area contributed by atoms with Crippen LogP contribution in [0.3, 0.4) is 0 Å². The second kappa shape index (κ2) is 15.1. The predicted molar refractivity (Wildman–Crippen MR) is 169 cm³/mol. The van der Waals surface area contributed by atoms with Crippen molar-refractivity contribution in [1.82, 2.24) is 15.5 Å². The molecular formula is C34H41N3O5S. The third-order valence-electron chi connectivity index (χ3n) is 7.63. The fraction of sp³-hybridized carbons (Fsp3) is 0.382. The summed E-state index contributed by atoms with van der Waals surface area (Å²) >= 11 is 1.49. The molecule has 0 radical (unpaired) electrons. The highest BCUT2D eigenvalue weighted by atomic mass is 32.2. The van der Waals surface area contributed by atoms with Crippen LogP contribution in [0.15, 0.2) is 84.9 Å². The van der Waals surface area contributed by atoms with E-state index in [1.165, 1.54) is 16.7 Å². The van der Waals surface area contributed by atoms with Gasteiger partial charge in [0.05, 0.1) is 18.5 Å². The van der Waals surface area contributed by atoms with Crippen molar-refractivity contribution in [3.63, 3.8) is 0 Å². The normalized spacial score (nSPS) is 17.1. The summed E-state index contributed by atoms with van der Waals surface area (Å²) in [4.78, 5) is 41.7. The molecule has 1 aliphatic rings. The number of benzene rings is 3. The molecule has 3 aromatic carbocycles. The lowest BCUT2D eigenvalue weighted by Gasteiger charge is -2.33. The number of aryl methyl sites for hydroxylation is 1. The van der Waals surface area contributed by atoms with Crippen molar-refractivity contribution in [2.24, 2.45) is 0 Å². The number of rotatable bonds is 13. The molecule has 3 aromatic rings. The lowest BCUT2D eigenvalue weighted by Crippen LogP contribution is -2.58. The molecule has 1 fully saturated rings. The molecule has 0 spiro atoms. The highest BCUT2D eigenvalue weighted by Crippen LogP contribution is 2.40. The van der Waals surface area contributed by atoms with Crippen LogP contribution in [0.1, 0.15) is 43.4 Å². The summed E-state index contributed by atoms with van der Waals surface area (Å²) < 4.78 is 5.12. The van der Waals surface area contributed by atoms with Crippen LogP contribution in [0.4, 0.5) is 0 Å². The van der Waals surface area contributed by atoms with Crippen LogP contribution in [0, 0.1) is 6.92 Å². The smallest absolute Gasteiger partial charge is 0.254 e. The van der Waals surface area contributed by atoms with Gasteiger partial charge in [-0.2, -0.15) is 0 Å². The number of nitrogens with zero attached hydrogens (tertiary/aromatic N) is 1. The Balaban J connectivity index is 1.42. The van der Waals surface area contributed by atoms with E-state index in [0.717, 1.165) is 22.4 Å². The molecule has 1 heterocycles. The molecule has 0 aliphatic carbocycles. The van der Waals surface area contributed by atoms with Crippen molar-refractivity contribution < 1.29 is 24.2 Å². The van der Waals surface area contributed by atoms with Crippen LogP contribution in [-0.4, -0.2) is 63.1 Å². The second-order valence-electron chi connectivity index (χ2n) is 11.3. The Hall–Kier alpha value is -3.82. The lowest BCUT2D eigenvalue weighted by molar-refractivity contribution is -0.147. The van der Waals surface area contributed by atoms with E-state index in [4.69, 9.17) is 4.74 Å². The van der Waals surface area contributed by atoms with Crippen molar-refractivity contribution in [3.05, 3.63) is 102 Å². The van der Waals surface area contributed by atoms with Crippen molar-refractivity contribution >= 4 is 29.5 Å². The van der Waals surface area contributed by atoms with E-state index in [-0.39, 0.29) is 30.5 Å². The van der Waals surface area contributed by atoms with Gasteiger partial charge >= 0.3 is 0 Å². The molecule has 4 rings (SSSR count). The lowest BCUT2D eigenvalue weighted by atomic mass is 9.97. The Labute approximate surface area is 258 Å². The van der Waals surface area contributed by atoms with E-state index >= 15 is 0 Å². The minimum Gasteiger partial charge on any atom is -0.494 e. The average Bonchev–Trinajstić information content (AvgIpc) is 3.33. The first-order valence-corrected chi connectivity index (χ1v) is 15.6. The van der Waals surface area contributed by atoms with Crippen LogP contribution in [0.5, 0.6) is 5.75 Å². The Morgan fingerprint density at radius 2 is 1.65 bits per heavy atom. The maximum atomic E-state index is 13.8. The van der Waals surface area contributed by atoms with E-state index < -0.39 is 28.8 Å². The van der Waals surface area contributed by atoms with E-state index in [0.29, 0.717) is 19.6 Å². The fourth-order valence-corrected chi connectivity index (χ4v) is 6.31. The van der Waals surface area contributed by atoms with Gasteiger partial charge in [-0.1, -0.05) is 72.8 Å². The summed E-state index contributed by atoms with van der Waals surface area (Å²) in [5.74, 6) is -0.153. The first-order chi connectivity index (χ1) is 20.7. The number of amides is 3. The number of para-hydroxylation sites is 1. The molecule has 1 saturated heterocycles. The Morgan fingerprint density at radius 3 is 2.35 bits per heavy atom. The summed E-state index contributed by atoms with van der Waals surface area (Å²) in [5.41, 5.74) is 2.94. The number of hydrogen-bond donors (Lipinski definition) is 3. The van der Waals surface area contributed by atoms with E-state index in [2.05, 4.69) is 10.6 Å². The van der Waals surface area contributed by atoms with Crippen molar-refractivity contribution in [3.8, 4) is 5.75 Å². The third kappa shape index (κ3) is 8.84. The molecule has 0 aromatic heterocycles. The molecule has 0 bridgehead atoms. The molecule has 8 nitrogen and oxygen atoms in total. The number of carbonyl (C=O) groups is 3. The molecule has 228 valence electrons. The number of aliphatic hydroxyl groups excluding tert-OH is 1. The standard InChI is InChI=1S/C34H41N3O5S/c1-24-13-10-11-16-26(24)22-35-32(40)31-34(2,3)43-23-37(31)33(41)30(39)28(21-25-14-6-4-7-15-25)36-29(38)19-12-20-42-27-17-8-5-9-18-27/h4-11,13-18,28,30-31,39H,12,19-23H2,1-3H3,(H,35,40)(H,36,38)/t28-,30-,31+/m0/s1. The Morgan fingerprint density at radius 1 is 1.00 bits per heavy atom. The number of thioether (sulfide) groups is 1. The predicted octanol–water partition coefficient (Wildman–Crippen LogP) is 4.24. The maximum absolute atomic E-state index is 13.8. The molecule has 0 saturated carbocycles. The van der Waals surface area contributed by atoms with Crippen LogP contribution < -0.4 is 15.4 Å². The average molecular weight is 604 g/mol. The SMILES string of the molecule is Cc1ccccc1CNC(=O)[C@H]1N(C(=O)[C@@H](O)[C@H](Cc2ccccc2)NC(=O)CCCOc2ccccc2)CSC1(C)C. The zero-order valence-corrected chi connectivity index (χ0v) is 25.8. The zero-order chi connectivity index (χ0) is 30.8. The fourth-order valence-electron chi connectivity index (χ4n) is 5.17. The van der Waals surface area contributed by atoms with Gasteiger partial charge < -0.3 is 25.4 Å². The number of carbonyl (C=O) groups excluding carboxylic acids is 3. The largest absolute Gasteiger partial charge is 0.494 e. The summed E-state index contributed by atoms with van der Waals surface area (Å²) in [6.07, 6.45) is -0.626. The van der Waals surface area contributed by atoms with E-state index in [1.807, 2.05) is 106 Å². The second-order valence-corrected chi connectivity index (χ2v) is 12.9. The summed E-state index contributed by atoms with van der Waals surface area (Å²) in [6.45, 7) is 6.54. The van der Waals surface area contributed by atoms with Crippen molar-refractivity contribution in [2.75, 3.05) is 12.5 Å². The Bertz CT molecular complexity index is 1370. The summed E-state index contributed by atoms with van der Waals surface area (Å²) in [5, 5.41) is 17.3. The highest BCUT2D eigenvalue weighted by molar-refractivity contribution is 8.00. The van der Waals surface area contributed by atoms with Gasteiger partial charge in [0.25, 0.3) is 5.91 Å². The summed E-state index contributed by atoms with van der Waals surface area (Å²) in [6, 6.07) is 24.9. The number of aliphatic hydroxyl groups is 1. The minimum absolute atomic E-state index is 0.176. The topological polar surface area (TPSA) is 108 Å². The molecular weight excluding hydrogens is 562 g/mol. The van der Waals surface area contributed by atoms with E-state index in [1.54, 1.807) is 0 Å². The highest BCUT2D eigenvalue weighted by Gasteiger charge is 2.49. The molecule has 3 N–H and O–H groups in total. The van der Waals surface area contributed by atoms with Crippen LogP contribution in [0.2, 0.25) is 0 Å². The molecule has 0 unspecified atom stereocenters. The van der Waals surface area contributed by atoms with Crippen LogP contribution in [-0.2, 0) is 27.3 Å². The van der Waals surface area contributed by atoms with Gasteiger partial charge in [-0.05, 0) is 62.4 Å². The van der Waals surface area contributed by atoms with Gasteiger partial charge in [0.1, 0.15) is 11.8 Å². The molecule has 3 amide bonds. The van der Waals surface area contributed by atoms with Gasteiger partial charge in [-0.3, -0.25) is 14.4 Å². The van der Waals surface area contributed by atoms with Crippen LogP contribution in [0.25, 0.3) is 0 Å². The first kappa shape index (κ1) is 32.1. The maximum Gasteiger partial charge on any atom is 0.254 e. The number of nitrogens with one attached hydrogen (secondary N) is 2. The van der Waals surface area contributed by atoms with Gasteiger partial charge in [-0.15, -0.1) is 11.8 Å². The molecule has 3 atom stereocenters. The Kier molecular flexibility index (Phi) is 11.3. The summed E-state index contributed by atoms with van der Waals surface area (Å²) in [7, 11) is 0. The quantitative estimate of drug-likeness (QED) is 0.252. The minimum atomic E-state index is -1.54. The van der Waals surface area contributed by atoms with Crippen molar-refractivity contribution in [2.45, 2.75) is 69.5 Å². The van der Waals surface area contributed by atoms with Gasteiger partial charge in [0, 0.05) is 17.7 Å². The number of ether oxygens (including phenoxy) is 1. The van der Waals surface area contributed by atoms with Crippen LogP contribution >= 0.6 is 11.8 Å². The molecule has 1 aliphatic heterocycles.